The highest BCUT2D eigenvalue weighted by molar-refractivity contribution is 5.77. The van der Waals surface area contributed by atoms with Crippen LogP contribution >= 0.6 is 0 Å². The molecule has 0 bridgehead atoms. The topological polar surface area (TPSA) is 39.4 Å². The average Bonchev–Trinajstić information content (AvgIpc) is 2.98. The van der Waals surface area contributed by atoms with Crippen molar-refractivity contribution in [2.24, 2.45) is 16.8 Å². The normalized spacial score (nSPS) is 15.2. The molecule has 0 heterocycles. The number of rotatable bonds is 8. The Morgan fingerprint density at radius 3 is 1.95 bits per heavy atom. The Balaban J connectivity index is -0.000000298. The van der Waals surface area contributed by atoms with Gasteiger partial charge in [0, 0.05) is 18.5 Å². The molecule has 0 aromatic heterocycles. The molecule has 0 N–H and O–H groups in total. The van der Waals surface area contributed by atoms with Gasteiger partial charge >= 0.3 is 0 Å². The molecule has 1 aliphatic rings. The van der Waals surface area contributed by atoms with E-state index in [1.54, 1.807) is 6.08 Å². The molecule has 0 radical (unpaired) electrons. The molecule has 1 aromatic rings. The van der Waals surface area contributed by atoms with Crippen molar-refractivity contribution in [3.05, 3.63) is 83.9 Å². The van der Waals surface area contributed by atoms with Gasteiger partial charge in [0.2, 0.25) is 0 Å². The zero-order valence-electron chi connectivity index (χ0n) is 29.5. The monoisotopic (exact) mass is 566 g/mol. The van der Waals surface area contributed by atoms with Crippen molar-refractivity contribution >= 4 is 6.21 Å². The predicted octanol–water partition coefficient (Wildman–Crippen LogP) is 12.4. The second kappa shape index (κ2) is 31.7. The molecule has 0 aliphatic heterocycles. The summed E-state index contributed by atoms with van der Waals surface area (Å²) in [6.07, 6.45) is 13.8. The Bertz CT molecular complexity index is 897. The molecule has 3 heteroatoms. The summed E-state index contributed by atoms with van der Waals surface area (Å²) in [6, 6.07) is 7.79. The molecule has 234 valence electrons. The van der Waals surface area contributed by atoms with Crippen LogP contribution < -0.4 is 0 Å². The largest absolute Gasteiger partial charge is 0.331 e. The van der Waals surface area contributed by atoms with Crippen LogP contribution in [0.5, 0.6) is 0 Å². The van der Waals surface area contributed by atoms with Crippen LogP contribution in [0.1, 0.15) is 131 Å². The fourth-order valence-corrected chi connectivity index (χ4v) is 4.23. The minimum Gasteiger partial charge on any atom is -0.331 e. The minimum absolute atomic E-state index is 0.739. The summed E-state index contributed by atoms with van der Waals surface area (Å²) in [7, 11) is 0. The molecule has 2 unspecified atom stereocenters. The fraction of sp³-hybridized carbons (Fsp3) is 0.579. The first-order valence-corrected chi connectivity index (χ1v) is 16.0. The van der Waals surface area contributed by atoms with E-state index in [1.807, 2.05) is 101 Å². The summed E-state index contributed by atoms with van der Waals surface area (Å²) in [5.74, 6) is 2.67. The number of aliphatic imine (C=N–C) groups is 1. The number of hydrogen-bond acceptors (Lipinski definition) is 3. The minimum atomic E-state index is 0.739. The molecule has 3 nitrogen and oxygen atoms in total. The van der Waals surface area contributed by atoms with E-state index in [2.05, 4.69) is 55.6 Å². The lowest BCUT2D eigenvalue weighted by Crippen LogP contribution is -2.30. The first kappa shape index (κ1) is 45.1. The molecule has 0 amide bonds. The van der Waals surface area contributed by atoms with E-state index in [1.165, 1.54) is 49.7 Å². The summed E-state index contributed by atoms with van der Waals surface area (Å²) >= 11 is 0. The van der Waals surface area contributed by atoms with Gasteiger partial charge in [-0.05, 0) is 101 Å². The van der Waals surface area contributed by atoms with E-state index in [9.17, 15) is 0 Å². The van der Waals surface area contributed by atoms with E-state index < -0.39 is 0 Å². The number of aryl methyl sites for hydroxylation is 2. The van der Waals surface area contributed by atoms with Crippen LogP contribution in [0.15, 0.2) is 72.2 Å². The summed E-state index contributed by atoms with van der Waals surface area (Å²) < 4.78 is 0. The van der Waals surface area contributed by atoms with Crippen LogP contribution in [0.2, 0.25) is 0 Å². The number of nitriles is 1. The van der Waals surface area contributed by atoms with Crippen LogP contribution in [-0.4, -0.2) is 17.7 Å². The molecule has 2 rings (SSSR count). The second-order valence-electron chi connectivity index (χ2n) is 9.60. The second-order valence-corrected chi connectivity index (χ2v) is 9.60. The van der Waals surface area contributed by atoms with Crippen LogP contribution in [0, 0.1) is 37.0 Å². The van der Waals surface area contributed by atoms with Crippen LogP contribution in [-0.2, 0) is 0 Å². The SMILES string of the molecule is C=C(C)/C=N\C(=C/C)N(CC1CCCC(CCC)C1)C(=C)C.C=CC.CC.CC.CC.Cc1ccc(C#N)cc1C. The van der Waals surface area contributed by atoms with Crippen LogP contribution in [0.25, 0.3) is 0 Å². The fourth-order valence-electron chi connectivity index (χ4n) is 4.23. The standard InChI is InChI=1S/C20H34N2.C9H9N.C3H6.3C2H6/c1-7-10-18-11-9-12-19(13-18)15-22(17(5)6)20(8-2)21-14-16(3)4;1-7-3-4-9(6-10)5-8(7)2;1-3-2;3*1-2/h8,14,18-19H,3,5,7,9-13,15H2,1-2,4,6H3;3-5H,1-2H3;3H,1H2,2H3;3*1-2H3/b20-8+,21-14-;;;;;. The van der Waals surface area contributed by atoms with Crippen molar-refractivity contribution < 1.29 is 0 Å². The molecule has 0 spiro atoms. The number of nitrogens with zero attached hydrogens (tertiary/aromatic N) is 3. The molecule has 1 saturated carbocycles. The van der Waals surface area contributed by atoms with Gasteiger partial charge in [0.05, 0.1) is 11.6 Å². The van der Waals surface area contributed by atoms with E-state index >= 15 is 0 Å². The third kappa shape index (κ3) is 23.5. The number of benzene rings is 1. The van der Waals surface area contributed by atoms with E-state index in [0.717, 1.165) is 41.0 Å². The molecule has 2 atom stereocenters. The summed E-state index contributed by atoms with van der Waals surface area (Å²) in [5, 5.41) is 8.50. The summed E-state index contributed by atoms with van der Waals surface area (Å²) in [4.78, 5) is 6.86. The maximum Gasteiger partial charge on any atom is 0.128 e. The van der Waals surface area contributed by atoms with Crippen molar-refractivity contribution in [2.75, 3.05) is 6.54 Å². The van der Waals surface area contributed by atoms with Crippen molar-refractivity contribution in [2.45, 2.75) is 129 Å². The van der Waals surface area contributed by atoms with Crippen LogP contribution in [0.3, 0.4) is 0 Å². The van der Waals surface area contributed by atoms with Gasteiger partial charge in [-0.1, -0.05) is 99.4 Å². The predicted molar refractivity (Wildman–Crippen MR) is 189 cm³/mol. The highest BCUT2D eigenvalue weighted by Crippen LogP contribution is 2.33. The molecule has 0 saturated heterocycles. The van der Waals surface area contributed by atoms with Gasteiger partial charge < -0.3 is 4.90 Å². The highest BCUT2D eigenvalue weighted by Gasteiger charge is 2.24. The van der Waals surface area contributed by atoms with Crippen LogP contribution in [0.4, 0.5) is 0 Å². The Morgan fingerprint density at radius 2 is 1.54 bits per heavy atom. The lowest BCUT2D eigenvalue weighted by Gasteiger charge is -2.34. The molecule has 41 heavy (non-hydrogen) atoms. The van der Waals surface area contributed by atoms with Crippen molar-refractivity contribution in [3.8, 4) is 6.07 Å². The van der Waals surface area contributed by atoms with E-state index in [0.29, 0.717) is 0 Å². The van der Waals surface area contributed by atoms with Gasteiger partial charge in [0.15, 0.2) is 0 Å². The molecule has 1 aromatic carbocycles. The van der Waals surface area contributed by atoms with Gasteiger partial charge in [-0.3, -0.25) is 0 Å². The van der Waals surface area contributed by atoms with E-state index in [-0.39, 0.29) is 0 Å². The zero-order chi connectivity index (χ0) is 32.8. The Labute approximate surface area is 257 Å². The first-order valence-electron chi connectivity index (χ1n) is 16.0. The van der Waals surface area contributed by atoms with Gasteiger partial charge in [-0.25, -0.2) is 4.99 Å². The smallest absolute Gasteiger partial charge is 0.128 e. The molecular formula is C38H67N3. The Morgan fingerprint density at radius 1 is 1.00 bits per heavy atom. The van der Waals surface area contributed by atoms with Gasteiger partial charge in [0.25, 0.3) is 0 Å². The highest BCUT2D eigenvalue weighted by atomic mass is 15.2. The van der Waals surface area contributed by atoms with Gasteiger partial charge in [-0.15, -0.1) is 6.58 Å². The van der Waals surface area contributed by atoms with E-state index in [4.69, 9.17) is 5.26 Å². The molecule has 1 aliphatic carbocycles. The lowest BCUT2D eigenvalue weighted by atomic mass is 9.79. The zero-order valence-corrected chi connectivity index (χ0v) is 29.5. The maximum absolute atomic E-state index is 8.50. The quantitative estimate of drug-likeness (QED) is 0.232. The third-order valence-electron chi connectivity index (χ3n) is 6.08. The summed E-state index contributed by atoms with van der Waals surface area (Å²) in [5.41, 5.74) is 5.20. The Kier molecular flexibility index (Phi) is 34.9. The number of allylic oxidation sites excluding steroid dienone is 4. The molecule has 1 fully saturated rings. The van der Waals surface area contributed by atoms with Gasteiger partial charge in [0.1, 0.15) is 5.82 Å². The number of hydrogen-bond donors (Lipinski definition) is 0. The average molecular weight is 566 g/mol. The Hall–Kier alpha value is -2.86. The van der Waals surface area contributed by atoms with Gasteiger partial charge in [-0.2, -0.15) is 5.26 Å². The third-order valence-corrected chi connectivity index (χ3v) is 6.08. The van der Waals surface area contributed by atoms with Crippen molar-refractivity contribution in [1.29, 1.82) is 5.26 Å². The summed E-state index contributed by atoms with van der Waals surface area (Å²) in [6.45, 7) is 38.8. The first-order chi connectivity index (χ1) is 19.6. The lowest BCUT2D eigenvalue weighted by molar-refractivity contribution is 0.212. The van der Waals surface area contributed by atoms with Crippen molar-refractivity contribution in [1.82, 2.24) is 4.90 Å². The molecular weight excluding hydrogens is 498 g/mol. The maximum atomic E-state index is 8.50. The van der Waals surface area contributed by atoms with Crippen molar-refractivity contribution in [3.63, 3.8) is 0 Å².